The van der Waals surface area contributed by atoms with E-state index in [9.17, 15) is 0 Å². The van der Waals surface area contributed by atoms with Gasteiger partial charge in [0.15, 0.2) is 23.3 Å². The van der Waals surface area contributed by atoms with E-state index in [1.807, 2.05) is 97.1 Å². The van der Waals surface area contributed by atoms with Gasteiger partial charge in [-0.05, 0) is 41.5 Å². The molecule has 0 bridgehead atoms. The molecule has 0 N–H and O–H groups in total. The average molecular weight is 722 g/mol. The third-order valence-corrected chi connectivity index (χ3v) is 10.9. The minimum absolute atomic E-state index is 0.653. The van der Waals surface area contributed by atoms with Crippen molar-refractivity contribution < 1.29 is 0 Å². The van der Waals surface area contributed by atoms with Crippen LogP contribution in [0.4, 0.5) is 0 Å². The van der Waals surface area contributed by atoms with Crippen molar-refractivity contribution in [1.82, 2.24) is 24.9 Å². The average Bonchev–Trinajstić information content (AvgIpc) is 3.64. The Kier molecular flexibility index (Phi) is 8.28. The van der Waals surface area contributed by atoms with Gasteiger partial charge in [0.25, 0.3) is 0 Å². The van der Waals surface area contributed by atoms with Gasteiger partial charge in [0.1, 0.15) is 0 Å². The molecule has 0 fully saturated rings. The molecule has 55 heavy (non-hydrogen) atoms. The highest BCUT2D eigenvalue weighted by Gasteiger charge is 2.16. The molecule has 10 rings (SSSR count). The molecule has 0 aliphatic heterocycles. The monoisotopic (exact) mass is 721 g/mol. The van der Waals surface area contributed by atoms with Crippen molar-refractivity contribution in [1.29, 1.82) is 0 Å². The van der Waals surface area contributed by atoms with Crippen LogP contribution in [0.1, 0.15) is 0 Å². The predicted molar refractivity (Wildman–Crippen MR) is 226 cm³/mol. The molecular formula is C49H31N5S. The van der Waals surface area contributed by atoms with Crippen molar-refractivity contribution in [3.05, 3.63) is 188 Å². The van der Waals surface area contributed by atoms with E-state index in [4.69, 9.17) is 24.9 Å². The van der Waals surface area contributed by atoms with Crippen LogP contribution in [0.5, 0.6) is 0 Å². The maximum Gasteiger partial charge on any atom is 0.164 e. The Bertz CT molecular complexity index is 2850. The number of hydrogen-bond acceptors (Lipinski definition) is 6. The predicted octanol–water partition coefficient (Wildman–Crippen LogP) is 12.7. The molecule has 3 heterocycles. The quantitative estimate of drug-likeness (QED) is 0.164. The summed E-state index contributed by atoms with van der Waals surface area (Å²) in [5.74, 6) is 2.67. The van der Waals surface area contributed by atoms with Gasteiger partial charge in [0.05, 0.1) is 11.4 Å². The van der Waals surface area contributed by atoms with Crippen molar-refractivity contribution in [2.75, 3.05) is 0 Å². The Morgan fingerprint density at radius 2 is 0.709 bits per heavy atom. The number of benzene rings is 7. The molecule has 5 nitrogen and oxygen atoms in total. The highest BCUT2D eigenvalue weighted by atomic mass is 32.1. The van der Waals surface area contributed by atoms with Gasteiger partial charge in [-0.2, -0.15) is 0 Å². The molecule has 0 aliphatic rings. The lowest BCUT2D eigenvalue weighted by atomic mass is 9.99. The summed E-state index contributed by atoms with van der Waals surface area (Å²) in [6.45, 7) is 0. The Morgan fingerprint density at radius 3 is 1.31 bits per heavy atom. The number of thiophene rings is 1. The zero-order valence-corrected chi connectivity index (χ0v) is 30.4. The molecule has 0 amide bonds. The third kappa shape index (κ3) is 6.45. The van der Waals surface area contributed by atoms with Crippen molar-refractivity contribution in [3.8, 4) is 79.2 Å². The summed E-state index contributed by atoms with van der Waals surface area (Å²) in [7, 11) is 0. The summed E-state index contributed by atoms with van der Waals surface area (Å²) in [6.07, 6.45) is 0. The zero-order valence-electron chi connectivity index (χ0n) is 29.5. The maximum absolute atomic E-state index is 5.07. The van der Waals surface area contributed by atoms with Crippen LogP contribution >= 0.6 is 11.3 Å². The summed E-state index contributed by atoms with van der Waals surface area (Å²) in [5.41, 5.74) is 10.0. The SMILES string of the molecule is c1ccc(-c2cc(-c3cccc(-c4ccc5sc6cc(-c7nc(-c8ccccc8)nc(-c8ccccc8)n7)ccc6c5c4)c3)nc(-c3ccccc3)n2)cc1. The van der Waals surface area contributed by atoms with E-state index >= 15 is 0 Å². The number of fused-ring (bicyclic) bond motifs is 3. The van der Waals surface area contributed by atoms with Crippen LogP contribution in [-0.2, 0) is 0 Å². The normalized spacial score (nSPS) is 11.3. The Morgan fingerprint density at radius 1 is 0.255 bits per heavy atom. The maximum atomic E-state index is 5.07. The van der Waals surface area contributed by atoms with Crippen LogP contribution in [0.25, 0.3) is 99.4 Å². The fraction of sp³-hybridized carbons (Fsp3) is 0. The fourth-order valence-electron chi connectivity index (χ4n) is 6.96. The van der Waals surface area contributed by atoms with Gasteiger partial charge in [-0.1, -0.05) is 158 Å². The van der Waals surface area contributed by atoms with Crippen molar-refractivity contribution >= 4 is 31.5 Å². The van der Waals surface area contributed by atoms with Gasteiger partial charge in [0.2, 0.25) is 0 Å². The lowest BCUT2D eigenvalue weighted by Gasteiger charge is -2.11. The highest BCUT2D eigenvalue weighted by molar-refractivity contribution is 7.25. The van der Waals surface area contributed by atoms with Gasteiger partial charge < -0.3 is 0 Å². The number of hydrogen-bond donors (Lipinski definition) is 0. The van der Waals surface area contributed by atoms with Crippen LogP contribution in [0.3, 0.4) is 0 Å². The van der Waals surface area contributed by atoms with E-state index in [1.165, 1.54) is 20.2 Å². The topological polar surface area (TPSA) is 64.5 Å². The molecular weight excluding hydrogens is 691 g/mol. The molecule has 0 atom stereocenters. The molecule has 0 aliphatic carbocycles. The first-order valence-corrected chi connectivity index (χ1v) is 19.0. The smallest absolute Gasteiger partial charge is 0.164 e. The number of aromatic nitrogens is 5. The van der Waals surface area contributed by atoms with Gasteiger partial charge in [0, 0.05) is 53.6 Å². The van der Waals surface area contributed by atoms with Crippen LogP contribution in [0.2, 0.25) is 0 Å². The van der Waals surface area contributed by atoms with Crippen LogP contribution in [0, 0.1) is 0 Å². The second kappa shape index (κ2) is 14.0. The van der Waals surface area contributed by atoms with Gasteiger partial charge in [-0.25, -0.2) is 24.9 Å². The second-order valence-electron chi connectivity index (χ2n) is 13.3. The number of rotatable bonds is 7. The Labute approximate surface area is 322 Å². The molecule has 0 radical (unpaired) electrons. The molecule has 0 spiro atoms. The van der Waals surface area contributed by atoms with Gasteiger partial charge >= 0.3 is 0 Å². The first-order valence-electron chi connectivity index (χ1n) is 18.2. The third-order valence-electron chi connectivity index (χ3n) is 9.75. The van der Waals surface area contributed by atoms with Crippen LogP contribution in [-0.4, -0.2) is 24.9 Å². The molecule has 6 heteroatoms. The molecule has 0 unspecified atom stereocenters. The minimum atomic E-state index is 0.653. The zero-order chi connectivity index (χ0) is 36.6. The minimum Gasteiger partial charge on any atom is -0.228 e. The van der Waals surface area contributed by atoms with Crippen molar-refractivity contribution in [2.24, 2.45) is 0 Å². The van der Waals surface area contributed by atoms with Crippen LogP contribution < -0.4 is 0 Å². The highest BCUT2D eigenvalue weighted by Crippen LogP contribution is 2.39. The van der Waals surface area contributed by atoms with E-state index in [0.29, 0.717) is 23.3 Å². The largest absolute Gasteiger partial charge is 0.228 e. The first-order chi connectivity index (χ1) is 27.2. The second-order valence-corrected chi connectivity index (χ2v) is 14.4. The molecule has 0 saturated carbocycles. The molecule has 3 aromatic heterocycles. The standard InChI is InChI=1S/C49H31N5S/c1-5-14-32(15-6-1)42-31-43(51-46(50-42)33-16-7-2-8-17-33)38-23-13-22-36(28-38)37-25-27-44-41(29-37)40-26-24-39(30-45(40)55-44)49-53-47(34-18-9-3-10-19-34)52-48(54-49)35-20-11-4-12-21-35/h1-31H. The van der Waals surface area contributed by atoms with Crippen LogP contribution in [0.15, 0.2) is 188 Å². The number of nitrogens with zero attached hydrogens (tertiary/aromatic N) is 5. The molecule has 0 saturated heterocycles. The summed E-state index contributed by atoms with van der Waals surface area (Å²) in [5, 5.41) is 2.43. The van der Waals surface area contributed by atoms with E-state index in [1.54, 1.807) is 11.3 Å². The van der Waals surface area contributed by atoms with Crippen molar-refractivity contribution in [3.63, 3.8) is 0 Å². The van der Waals surface area contributed by atoms with Crippen molar-refractivity contribution in [2.45, 2.75) is 0 Å². The van der Waals surface area contributed by atoms with E-state index in [-0.39, 0.29) is 0 Å². The Balaban J connectivity index is 1.03. The fourth-order valence-corrected chi connectivity index (χ4v) is 8.09. The molecule has 7 aromatic carbocycles. The van der Waals surface area contributed by atoms with E-state index in [2.05, 4.69) is 91.0 Å². The van der Waals surface area contributed by atoms with E-state index < -0.39 is 0 Å². The lowest BCUT2D eigenvalue weighted by Crippen LogP contribution is -1.99. The van der Waals surface area contributed by atoms with Gasteiger partial charge in [-0.15, -0.1) is 11.3 Å². The summed E-state index contributed by atoms with van der Waals surface area (Å²) in [6, 6.07) is 64.7. The molecule has 10 aromatic rings. The molecule has 258 valence electrons. The summed E-state index contributed by atoms with van der Waals surface area (Å²) >= 11 is 1.79. The summed E-state index contributed by atoms with van der Waals surface area (Å²) in [4.78, 5) is 24.9. The summed E-state index contributed by atoms with van der Waals surface area (Å²) < 4.78 is 2.41. The van der Waals surface area contributed by atoms with E-state index in [0.717, 1.165) is 55.9 Å². The lowest BCUT2D eigenvalue weighted by molar-refractivity contribution is 1.07. The first kappa shape index (κ1) is 32.5. The Hall–Kier alpha value is -7.15. The van der Waals surface area contributed by atoms with Gasteiger partial charge in [-0.3, -0.25) is 0 Å².